The SMILES string of the molecule is CCC(N)C1(CC(=O)OC)CCCc2ccccc21. The topological polar surface area (TPSA) is 52.3 Å². The number of rotatable bonds is 4. The molecule has 1 aliphatic rings. The number of ether oxygens (including phenoxy) is 1. The second-order valence-corrected chi connectivity index (χ2v) is 5.43. The molecule has 1 aromatic rings. The number of carbonyl (C=O) groups is 1. The highest BCUT2D eigenvalue weighted by Gasteiger charge is 2.42. The summed E-state index contributed by atoms with van der Waals surface area (Å²) in [6.45, 7) is 2.08. The van der Waals surface area contributed by atoms with Crippen LogP contribution in [0.5, 0.6) is 0 Å². The molecule has 3 heteroatoms. The van der Waals surface area contributed by atoms with E-state index in [1.54, 1.807) is 0 Å². The fourth-order valence-corrected chi connectivity index (χ4v) is 3.37. The van der Waals surface area contributed by atoms with Crippen molar-refractivity contribution >= 4 is 5.97 Å². The second kappa shape index (κ2) is 5.74. The number of methoxy groups -OCH3 is 1. The lowest BCUT2D eigenvalue weighted by molar-refractivity contribution is -0.142. The minimum absolute atomic E-state index is 0.00644. The Morgan fingerprint density at radius 1 is 1.47 bits per heavy atom. The van der Waals surface area contributed by atoms with E-state index in [4.69, 9.17) is 10.5 Å². The highest BCUT2D eigenvalue weighted by atomic mass is 16.5. The third-order valence-electron chi connectivity index (χ3n) is 4.46. The molecule has 2 unspecified atom stereocenters. The largest absolute Gasteiger partial charge is 0.469 e. The highest BCUT2D eigenvalue weighted by molar-refractivity contribution is 5.72. The van der Waals surface area contributed by atoms with Gasteiger partial charge in [0.15, 0.2) is 0 Å². The van der Waals surface area contributed by atoms with Crippen molar-refractivity contribution in [2.24, 2.45) is 5.73 Å². The predicted molar refractivity (Wildman–Crippen MR) is 76.0 cm³/mol. The van der Waals surface area contributed by atoms with Crippen molar-refractivity contribution < 1.29 is 9.53 Å². The van der Waals surface area contributed by atoms with Crippen LogP contribution < -0.4 is 5.73 Å². The minimum Gasteiger partial charge on any atom is -0.469 e. The van der Waals surface area contributed by atoms with Crippen LogP contribution in [-0.2, 0) is 21.4 Å². The maximum absolute atomic E-state index is 11.8. The predicted octanol–water partition coefficient (Wildman–Crippen LogP) is 2.56. The first-order valence-corrected chi connectivity index (χ1v) is 7.05. The van der Waals surface area contributed by atoms with Crippen LogP contribution in [0, 0.1) is 0 Å². The van der Waals surface area contributed by atoms with Crippen LogP contribution in [0.2, 0.25) is 0 Å². The van der Waals surface area contributed by atoms with Gasteiger partial charge in [-0.25, -0.2) is 0 Å². The second-order valence-electron chi connectivity index (χ2n) is 5.43. The van der Waals surface area contributed by atoms with Crippen molar-refractivity contribution in [2.45, 2.75) is 50.5 Å². The van der Waals surface area contributed by atoms with E-state index < -0.39 is 0 Å². The number of benzene rings is 1. The molecule has 0 spiro atoms. The smallest absolute Gasteiger partial charge is 0.306 e. The summed E-state index contributed by atoms with van der Waals surface area (Å²) in [6, 6.07) is 8.38. The molecule has 3 nitrogen and oxygen atoms in total. The van der Waals surface area contributed by atoms with Crippen LogP contribution in [0.3, 0.4) is 0 Å². The minimum atomic E-state index is -0.253. The summed E-state index contributed by atoms with van der Waals surface area (Å²) in [5, 5.41) is 0. The number of fused-ring (bicyclic) bond motifs is 1. The molecule has 0 saturated carbocycles. The molecular formula is C16H23NO2. The molecule has 0 aromatic heterocycles. The molecule has 0 saturated heterocycles. The highest BCUT2D eigenvalue weighted by Crippen LogP contribution is 2.43. The van der Waals surface area contributed by atoms with Gasteiger partial charge in [0.25, 0.3) is 0 Å². The molecule has 1 aromatic carbocycles. The van der Waals surface area contributed by atoms with Crippen molar-refractivity contribution in [2.75, 3.05) is 7.11 Å². The molecule has 1 aliphatic carbocycles. The lowest BCUT2D eigenvalue weighted by Crippen LogP contribution is -2.48. The number of hydrogen-bond acceptors (Lipinski definition) is 3. The van der Waals surface area contributed by atoms with Gasteiger partial charge in [-0.05, 0) is 36.8 Å². The summed E-state index contributed by atoms with van der Waals surface area (Å²) in [4.78, 5) is 11.8. The van der Waals surface area contributed by atoms with Crippen molar-refractivity contribution in [3.63, 3.8) is 0 Å². The quantitative estimate of drug-likeness (QED) is 0.847. The molecule has 0 bridgehead atoms. The third kappa shape index (κ3) is 2.52. The van der Waals surface area contributed by atoms with Gasteiger partial charge in [-0.15, -0.1) is 0 Å². The van der Waals surface area contributed by atoms with E-state index in [0.717, 1.165) is 25.7 Å². The van der Waals surface area contributed by atoms with E-state index in [1.807, 2.05) is 6.07 Å². The maximum Gasteiger partial charge on any atom is 0.306 e. The molecule has 0 heterocycles. The first-order valence-electron chi connectivity index (χ1n) is 7.05. The van der Waals surface area contributed by atoms with Gasteiger partial charge in [0.05, 0.1) is 13.5 Å². The van der Waals surface area contributed by atoms with Gasteiger partial charge in [-0.3, -0.25) is 4.79 Å². The molecule has 19 heavy (non-hydrogen) atoms. The van der Waals surface area contributed by atoms with E-state index in [9.17, 15) is 4.79 Å². The Morgan fingerprint density at radius 2 is 2.21 bits per heavy atom. The van der Waals surface area contributed by atoms with Crippen LogP contribution in [0.1, 0.15) is 43.7 Å². The van der Waals surface area contributed by atoms with E-state index in [1.165, 1.54) is 18.2 Å². The zero-order valence-electron chi connectivity index (χ0n) is 11.8. The van der Waals surface area contributed by atoms with Gasteiger partial charge in [-0.2, -0.15) is 0 Å². The molecule has 2 rings (SSSR count). The molecule has 0 aliphatic heterocycles. The molecule has 0 fully saturated rings. The first-order chi connectivity index (χ1) is 9.14. The average Bonchev–Trinajstić information content (AvgIpc) is 2.46. The Hall–Kier alpha value is -1.35. The number of aryl methyl sites for hydroxylation is 1. The fraction of sp³-hybridized carbons (Fsp3) is 0.562. The third-order valence-corrected chi connectivity index (χ3v) is 4.46. The summed E-state index contributed by atoms with van der Waals surface area (Å²) >= 11 is 0. The standard InChI is InChI=1S/C16H23NO2/c1-3-14(17)16(11-15(18)19-2)10-6-8-12-7-4-5-9-13(12)16/h4-5,7,9,14H,3,6,8,10-11,17H2,1-2H3. The average molecular weight is 261 g/mol. The molecule has 2 N–H and O–H groups in total. The van der Waals surface area contributed by atoms with Gasteiger partial charge >= 0.3 is 5.97 Å². The van der Waals surface area contributed by atoms with Crippen LogP contribution in [0.15, 0.2) is 24.3 Å². The van der Waals surface area contributed by atoms with E-state index in [0.29, 0.717) is 6.42 Å². The number of carbonyl (C=O) groups excluding carboxylic acids is 1. The zero-order chi connectivity index (χ0) is 13.9. The van der Waals surface area contributed by atoms with E-state index in [-0.39, 0.29) is 17.4 Å². The number of esters is 1. The van der Waals surface area contributed by atoms with Crippen LogP contribution in [0.25, 0.3) is 0 Å². The van der Waals surface area contributed by atoms with Crippen molar-refractivity contribution in [3.05, 3.63) is 35.4 Å². The molecule has 2 atom stereocenters. The number of nitrogens with two attached hydrogens (primary N) is 1. The molecule has 0 radical (unpaired) electrons. The van der Waals surface area contributed by atoms with Crippen molar-refractivity contribution in [1.29, 1.82) is 0 Å². The lowest BCUT2D eigenvalue weighted by Gasteiger charge is -2.42. The Labute approximate surface area is 115 Å². The number of hydrogen-bond donors (Lipinski definition) is 1. The Kier molecular flexibility index (Phi) is 4.25. The lowest BCUT2D eigenvalue weighted by atomic mass is 9.63. The monoisotopic (exact) mass is 261 g/mol. The van der Waals surface area contributed by atoms with Crippen LogP contribution >= 0.6 is 0 Å². The summed E-state index contributed by atoms with van der Waals surface area (Å²) in [5.74, 6) is -0.166. The van der Waals surface area contributed by atoms with E-state index in [2.05, 4.69) is 25.1 Å². The summed E-state index contributed by atoms with van der Waals surface area (Å²) < 4.78 is 4.89. The normalized spacial score (nSPS) is 23.5. The maximum atomic E-state index is 11.8. The Morgan fingerprint density at radius 3 is 2.89 bits per heavy atom. The molecule has 104 valence electrons. The molecular weight excluding hydrogens is 238 g/mol. The Balaban J connectivity index is 2.47. The van der Waals surface area contributed by atoms with Gasteiger partial charge < -0.3 is 10.5 Å². The van der Waals surface area contributed by atoms with Gasteiger partial charge in [0.2, 0.25) is 0 Å². The zero-order valence-corrected chi connectivity index (χ0v) is 11.8. The van der Waals surface area contributed by atoms with Gasteiger partial charge in [-0.1, -0.05) is 31.2 Å². The summed E-state index contributed by atoms with van der Waals surface area (Å²) in [5.41, 5.74) is 8.73. The summed E-state index contributed by atoms with van der Waals surface area (Å²) in [7, 11) is 1.45. The van der Waals surface area contributed by atoms with Crippen molar-refractivity contribution in [1.82, 2.24) is 0 Å². The van der Waals surface area contributed by atoms with Crippen LogP contribution in [0.4, 0.5) is 0 Å². The van der Waals surface area contributed by atoms with Crippen molar-refractivity contribution in [3.8, 4) is 0 Å². The fourth-order valence-electron chi connectivity index (χ4n) is 3.37. The Bertz CT molecular complexity index is 458. The van der Waals surface area contributed by atoms with Gasteiger partial charge in [0, 0.05) is 11.5 Å². The first kappa shape index (κ1) is 14.1. The summed E-state index contributed by atoms with van der Waals surface area (Å²) in [6.07, 6.45) is 4.38. The van der Waals surface area contributed by atoms with Gasteiger partial charge in [0.1, 0.15) is 0 Å². The molecule has 0 amide bonds. The van der Waals surface area contributed by atoms with Crippen LogP contribution in [-0.4, -0.2) is 19.1 Å². The van der Waals surface area contributed by atoms with E-state index >= 15 is 0 Å².